The topological polar surface area (TPSA) is 46.2 Å². The molecule has 1 aliphatic carbocycles. The zero-order valence-electron chi connectivity index (χ0n) is 11.2. The normalized spacial score (nSPS) is 18.0. The standard InChI is InChI=1S/C14H20ClNO2S/c1-2-4-12-5-7-13(8-6-12)19(17,18)16-14(11-15)9-3-10-14/h5-8,16H,2-4,9-11H2,1H3. The molecular weight excluding hydrogens is 282 g/mol. The number of sulfonamides is 1. The summed E-state index contributed by atoms with van der Waals surface area (Å²) in [5.41, 5.74) is 0.736. The lowest BCUT2D eigenvalue weighted by atomic mass is 9.79. The third kappa shape index (κ3) is 3.30. The molecule has 0 radical (unpaired) electrons. The monoisotopic (exact) mass is 301 g/mol. The fourth-order valence-corrected chi connectivity index (χ4v) is 4.21. The van der Waals surface area contributed by atoms with Crippen LogP contribution < -0.4 is 4.72 Å². The summed E-state index contributed by atoms with van der Waals surface area (Å²) in [5, 5.41) is 0. The van der Waals surface area contributed by atoms with Gasteiger partial charge in [0.15, 0.2) is 0 Å². The van der Waals surface area contributed by atoms with Gasteiger partial charge in [-0.3, -0.25) is 0 Å². The van der Waals surface area contributed by atoms with Crippen molar-refractivity contribution >= 4 is 21.6 Å². The molecule has 1 fully saturated rings. The Balaban J connectivity index is 2.15. The predicted octanol–water partition coefficient (Wildman–Crippen LogP) is 3.08. The number of hydrogen-bond acceptors (Lipinski definition) is 2. The van der Waals surface area contributed by atoms with Crippen molar-refractivity contribution in [3.8, 4) is 0 Å². The van der Waals surface area contributed by atoms with Crippen LogP contribution in [0.1, 0.15) is 38.2 Å². The first-order valence-electron chi connectivity index (χ1n) is 6.70. The number of alkyl halides is 1. The molecule has 1 aromatic rings. The third-order valence-corrected chi connectivity index (χ3v) is 5.80. The van der Waals surface area contributed by atoms with Crippen LogP contribution >= 0.6 is 11.6 Å². The third-order valence-electron chi connectivity index (χ3n) is 3.69. The van der Waals surface area contributed by atoms with Crippen LogP contribution in [0.15, 0.2) is 29.2 Å². The average Bonchev–Trinajstić information content (AvgIpc) is 2.35. The number of aryl methyl sites for hydroxylation is 1. The van der Waals surface area contributed by atoms with Gasteiger partial charge in [0.05, 0.1) is 4.90 Å². The molecule has 5 heteroatoms. The van der Waals surface area contributed by atoms with E-state index in [1.807, 2.05) is 12.1 Å². The van der Waals surface area contributed by atoms with Crippen molar-refractivity contribution < 1.29 is 8.42 Å². The van der Waals surface area contributed by atoms with Gasteiger partial charge in [0.2, 0.25) is 10.0 Å². The van der Waals surface area contributed by atoms with Crippen LogP contribution in [0.4, 0.5) is 0 Å². The minimum Gasteiger partial charge on any atom is -0.207 e. The van der Waals surface area contributed by atoms with Gasteiger partial charge in [0.25, 0.3) is 0 Å². The van der Waals surface area contributed by atoms with Crippen molar-refractivity contribution in [3.05, 3.63) is 29.8 Å². The smallest absolute Gasteiger partial charge is 0.207 e. The summed E-state index contributed by atoms with van der Waals surface area (Å²) in [7, 11) is -3.46. The summed E-state index contributed by atoms with van der Waals surface area (Å²) >= 11 is 5.89. The predicted molar refractivity (Wildman–Crippen MR) is 78.1 cm³/mol. The lowest BCUT2D eigenvalue weighted by molar-refractivity contribution is 0.252. The van der Waals surface area contributed by atoms with Gasteiger partial charge >= 0.3 is 0 Å². The Kier molecular flexibility index (Phi) is 4.54. The van der Waals surface area contributed by atoms with Crippen LogP contribution in [0.25, 0.3) is 0 Å². The molecule has 0 aromatic heterocycles. The molecule has 106 valence electrons. The summed E-state index contributed by atoms with van der Waals surface area (Å²) in [4.78, 5) is 0.323. The zero-order chi connectivity index (χ0) is 13.9. The van der Waals surface area contributed by atoms with E-state index >= 15 is 0 Å². The minimum absolute atomic E-state index is 0.323. The van der Waals surface area contributed by atoms with E-state index in [0.29, 0.717) is 10.8 Å². The molecule has 1 aromatic carbocycles. The Morgan fingerprint density at radius 3 is 2.32 bits per heavy atom. The van der Waals surface area contributed by atoms with Crippen LogP contribution in [-0.4, -0.2) is 19.8 Å². The van der Waals surface area contributed by atoms with Crippen molar-refractivity contribution in [2.45, 2.75) is 49.5 Å². The molecule has 0 aliphatic heterocycles. The van der Waals surface area contributed by atoms with Crippen LogP contribution in [0.5, 0.6) is 0 Å². The van der Waals surface area contributed by atoms with E-state index < -0.39 is 15.6 Å². The van der Waals surface area contributed by atoms with E-state index in [-0.39, 0.29) is 0 Å². The SMILES string of the molecule is CCCc1ccc(S(=O)(=O)NC2(CCl)CCC2)cc1. The zero-order valence-corrected chi connectivity index (χ0v) is 12.7. The second-order valence-corrected chi connectivity index (χ2v) is 7.22. The molecular formula is C14H20ClNO2S. The maximum absolute atomic E-state index is 12.3. The molecule has 0 spiro atoms. The van der Waals surface area contributed by atoms with Crippen LogP contribution in [0, 0.1) is 0 Å². The molecule has 0 unspecified atom stereocenters. The molecule has 0 saturated heterocycles. The fourth-order valence-electron chi connectivity index (χ4n) is 2.33. The van der Waals surface area contributed by atoms with E-state index in [9.17, 15) is 8.42 Å². The molecule has 2 rings (SSSR count). The number of rotatable bonds is 6. The second kappa shape index (κ2) is 5.81. The van der Waals surface area contributed by atoms with E-state index in [4.69, 9.17) is 11.6 Å². The number of nitrogens with one attached hydrogen (secondary N) is 1. The minimum atomic E-state index is -3.46. The summed E-state index contributed by atoms with van der Waals surface area (Å²) in [5.74, 6) is 0.333. The average molecular weight is 302 g/mol. The van der Waals surface area contributed by atoms with Gasteiger partial charge in [-0.25, -0.2) is 13.1 Å². The Morgan fingerprint density at radius 2 is 1.89 bits per heavy atom. The second-order valence-electron chi connectivity index (χ2n) is 5.27. The van der Waals surface area contributed by atoms with Gasteiger partial charge in [0, 0.05) is 11.4 Å². The van der Waals surface area contributed by atoms with Crippen molar-refractivity contribution in [1.29, 1.82) is 0 Å². The first kappa shape index (κ1) is 14.8. The molecule has 0 bridgehead atoms. The Morgan fingerprint density at radius 1 is 1.26 bits per heavy atom. The maximum atomic E-state index is 12.3. The summed E-state index contributed by atoms with van der Waals surface area (Å²) in [6.45, 7) is 2.10. The van der Waals surface area contributed by atoms with Crippen molar-refractivity contribution in [2.24, 2.45) is 0 Å². The molecule has 3 nitrogen and oxygen atoms in total. The quantitative estimate of drug-likeness (QED) is 0.821. The molecule has 1 N–H and O–H groups in total. The van der Waals surface area contributed by atoms with Crippen molar-refractivity contribution in [3.63, 3.8) is 0 Å². The molecule has 0 amide bonds. The maximum Gasteiger partial charge on any atom is 0.241 e. The highest BCUT2D eigenvalue weighted by Gasteiger charge is 2.39. The molecule has 0 heterocycles. The fraction of sp³-hybridized carbons (Fsp3) is 0.571. The van der Waals surface area contributed by atoms with Gasteiger partial charge in [-0.05, 0) is 43.4 Å². The van der Waals surface area contributed by atoms with Gasteiger partial charge in [0.1, 0.15) is 0 Å². The number of hydrogen-bond donors (Lipinski definition) is 1. The molecule has 19 heavy (non-hydrogen) atoms. The van der Waals surface area contributed by atoms with E-state index in [1.165, 1.54) is 0 Å². The summed E-state index contributed by atoms with van der Waals surface area (Å²) in [6, 6.07) is 7.11. The van der Waals surface area contributed by atoms with Crippen LogP contribution in [0.3, 0.4) is 0 Å². The molecule has 1 saturated carbocycles. The van der Waals surface area contributed by atoms with Gasteiger partial charge < -0.3 is 0 Å². The van der Waals surface area contributed by atoms with E-state index in [0.717, 1.165) is 37.7 Å². The number of benzene rings is 1. The Hall–Kier alpha value is -0.580. The lowest BCUT2D eigenvalue weighted by Gasteiger charge is -2.40. The van der Waals surface area contributed by atoms with Crippen molar-refractivity contribution in [1.82, 2.24) is 4.72 Å². The Bertz CT molecular complexity index is 515. The van der Waals surface area contributed by atoms with Crippen LogP contribution in [-0.2, 0) is 16.4 Å². The lowest BCUT2D eigenvalue weighted by Crippen LogP contribution is -2.54. The van der Waals surface area contributed by atoms with Gasteiger partial charge in [-0.1, -0.05) is 25.5 Å². The molecule has 0 atom stereocenters. The summed E-state index contributed by atoms with van der Waals surface area (Å²) < 4.78 is 27.4. The first-order chi connectivity index (χ1) is 9.01. The van der Waals surface area contributed by atoms with Gasteiger partial charge in [-0.2, -0.15) is 0 Å². The highest BCUT2D eigenvalue weighted by molar-refractivity contribution is 7.89. The van der Waals surface area contributed by atoms with Gasteiger partial charge in [-0.15, -0.1) is 11.6 Å². The Labute approximate surface area is 120 Å². The highest BCUT2D eigenvalue weighted by atomic mass is 35.5. The highest BCUT2D eigenvalue weighted by Crippen LogP contribution is 2.34. The van der Waals surface area contributed by atoms with Crippen molar-refractivity contribution in [2.75, 3.05) is 5.88 Å². The first-order valence-corrected chi connectivity index (χ1v) is 8.72. The molecule has 1 aliphatic rings. The van der Waals surface area contributed by atoms with E-state index in [1.54, 1.807) is 12.1 Å². The largest absolute Gasteiger partial charge is 0.241 e. The van der Waals surface area contributed by atoms with E-state index in [2.05, 4.69) is 11.6 Å². The van der Waals surface area contributed by atoms with Crippen LogP contribution in [0.2, 0.25) is 0 Å². The summed E-state index contributed by atoms with van der Waals surface area (Å²) in [6.07, 6.45) is 4.71. The number of halogens is 1.